The average Bonchev–Trinajstić information content (AvgIpc) is 3.94. The molecular formula is C42H74N2O14. The van der Waals surface area contributed by atoms with Crippen LogP contribution in [0.15, 0.2) is 0 Å². The van der Waals surface area contributed by atoms with Crippen LogP contribution < -0.4 is 0 Å². The molecule has 58 heavy (non-hydrogen) atoms. The first-order chi connectivity index (χ1) is 26.8. The smallest absolute Gasteiger partial charge is 0.311 e. The number of cyclic esters (lactones) is 1. The average molecular weight is 831 g/mol. The van der Waals surface area contributed by atoms with Crippen molar-refractivity contribution in [2.45, 2.75) is 199 Å². The first-order valence-electron chi connectivity index (χ1n) is 21.0. The molecule has 0 saturated carbocycles. The molecule has 0 bridgehead atoms. The topological polar surface area (TPSA) is 196 Å². The van der Waals surface area contributed by atoms with E-state index in [1.54, 1.807) is 41.7 Å². The zero-order valence-electron chi connectivity index (χ0n) is 37.6. The maximum absolute atomic E-state index is 14.4. The molecule has 4 heterocycles. The number of aliphatic hydroxyl groups is 3. The third kappa shape index (κ3) is 10.0. The van der Waals surface area contributed by atoms with Gasteiger partial charge in [0.25, 0.3) is 0 Å². The molecular weight excluding hydrogens is 756 g/mol. The Morgan fingerprint density at radius 1 is 0.966 bits per heavy atom. The van der Waals surface area contributed by atoms with Gasteiger partial charge in [0.05, 0.1) is 54.6 Å². The Bertz CT molecular complexity index is 1420. The van der Waals surface area contributed by atoms with Gasteiger partial charge in [-0.3, -0.25) is 14.4 Å². The van der Waals surface area contributed by atoms with Crippen molar-refractivity contribution in [2.24, 2.45) is 17.8 Å². The van der Waals surface area contributed by atoms with E-state index in [0.29, 0.717) is 13.0 Å². The maximum atomic E-state index is 14.4. The Kier molecular flexibility index (Phi) is 15.6. The van der Waals surface area contributed by atoms with Gasteiger partial charge in [-0.1, -0.05) is 20.8 Å². The predicted octanol–water partition coefficient (Wildman–Crippen LogP) is 2.80. The minimum Gasteiger partial charge on any atom is -0.459 e. The van der Waals surface area contributed by atoms with Crippen molar-refractivity contribution in [3.63, 3.8) is 0 Å². The van der Waals surface area contributed by atoms with Crippen LogP contribution in [0.4, 0.5) is 0 Å². The minimum absolute atomic E-state index is 0.0737. The molecule has 4 rings (SSSR count). The molecule has 336 valence electrons. The molecule has 0 aromatic rings. The first kappa shape index (κ1) is 48.7. The number of hydrogen-bond donors (Lipinski definition) is 3. The second-order valence-corrected chi connectivity index (χ2v) is 18.6. The highest BCUT2D eigenvalue weighted by atomic mass is 16.7. The quantitative estimate of drug-likeness (QED) is 0.239. The number of esters is 2. The zero-order valence-corrected chi connectivity index (χ0v) is 37.6. The van der Waals surface area contributed by atoms with Crippen LogP contribution in [0.5, 0.6) is 0 Å². The molecule has 0 unspecified atom stereocenters. The number of rotatable bonds is 8. The number of aliphatic hydroxyl groups excluding tert-OH is 1. The summed E-state index contributed by atoms with van der Waals surface area (Å²) < 4.78 is 50.5. The highest BCUT2D eigenvalue weighted by Crippen LogP contribution is 2.51. The normalized spacial score (nSPS) is 47.2. The largest absolute Gasteiger partial charge is 0.459 e. The van der Waals surface area contributed by atoms with E-state index in [1.165, 1.54) is 25.7 Å². The van der Waals surface area contributed by atoms with E-state index in [2.05, 4.69) is 0 Å². The van der Waals surface area contributed by atoms with Crippen LogP contribution in [0.1, 0.15) is 109 Å². The molecule has 4 fully saturated rings. The van der Waals surface area contributed by atoms with E-state index in [1.807, 2.05) is 46.7 Å². The molecule has 4 aliphatic heterocycles. The van der Waals surface area contributed by atoms with Crippen molar-refractivity contribution in [2.75, 3.05) is 34.4 Å². The third-order valence-electron chi connectivity index (χ3n) is 13.5. The predicted molar refractivity (Wildman–Crippen MR) is 211 cm³/mol. The van der Waals surface area contributed by atoms with Gasteiger partial charge in [0.15, 0.2) is 18.7 Å². The Balaban J connectivity index is 1.88. The third-order valence-corrected chi connectivity index (χ3v) is 13.5. The van der Waals surface area contributed by atoms with E-state index < -0.39 is 101 Å². The number of likely N-dealkylation sites (N-methyl/N-ethyl adjacent to an activating group) is 1. The highest BCUT2D eigenvalue weighted by molar-refractivity contribution is 5.74. The summed E-state index contributed by atoms with van der Waals surface area (Å²) in [5.41, 5.74) is -5.13. The number of ether oxygens (including phenoxy) is 8. The van der Waals surface area contributed by atoms with Gasteiger partial charge in [0.1, 0.15) is 29.0 Å². The number of epoxide rings is 1. The molecule has 0 aromatic heterocycles. The summed E-state index contributed by atoms with van der Waals surface area (Å²) in [4.78, 5) is 43.5. The van der Waals surface area contributed by atoms with Gasteiger partial charge in [-0.05, 0) is 87.7 Å². The Morgan fingerprint density at radius 2 is 1.59 bits per heavy atom. The van der Waals surface area contributed by atoms with Crippen LogP contribution >= 0.6 is 0 Å². The summed E-state index contributed by atoms with van der Waals surface area (Å²) in [6, 6.07) is -1.20. The van der Waals surface area contributed by atoms with Crippen molar-refractivity contribution < 1.29 is 67.6 Å². The van der Waals surface area contributed by atoms with Gasteiger partial charge < -0.3 is 63.0 Å². The molecule has 16 heteroatoms. The minimum atomic E-state index is -1.97. The second-order valence-electron chi connectivity index (χ2n) is 18.6. The Hall–Kier alpha value is -1.99. The van der Waals surface area contributed by atoms with Crippen molar-refractivity contribution in [3.05, 3.63) is 0 Å². The van der Waals surface area contributed by atoms with E-state index >= 15 is 0 Å². The van der Waals surface area contributed by atoms with Crippen LogP contribution in [-0.2, 0) is 52.3 Å². The first-order valence-corrected chi connectivity index (χ1v) is 21.0. The molecule has 4 saturated heterocycles. The maximum Gasteiger partial charge on any atom is 0.311 e. The number of carbonyl (C=O) groups excluding carboxylic acids is 3. The van der Waals surface area contributed by atoms with Crippen LogP contribution in [0.2, 0.25) is 0 Å². The lowest BCUT2D eigenvalue weighted by Crippen LogP contribution is -2.62. The van der Waals surface area contributed by atoms with Crippen LogP contribution in [0.25, 0.3) is 0 Å². The molecule has 4 aliphatic rings. The fraction of sp³-hybridized carbons (Fsp3) is 0.929. The fourth-order valence-corrected chi connectivity index (χ4v) is 9.89. The van der Waals surface area contributed by atoms with E-state index in [0.717, 1.165) is 0 Å². The highest BCUT2D eigenvalue weighted by Gasteiger charge is 2.67. The molecule has 0 aliphatic carbocycles. The standard InChI is InChI=1S/C42H74N2O14/c1-16-31-41(12,50)35(47)26(6)44(28(8)45)20-22(2)18-39(10,49)36(58-38-34(55-29(9)46)30(43(13)14)17-23(3)53-38)24(4)33(25(5)37(48)56-31)57-32-19-40(11,51-15)42(21-52-42)27(7)54-32/h22-27,30-36,38,47,49-50H,16-21H2,1-15H3/t22-,23-,24+,25-,26-,27+,30+,31-,32+,33+,34-,35-,36-,38+,39-,40-,41-,42-/m1/s1. The zero-order chi connectivity index (χ0) is 43.9. The number of methoxy groups -OCH3 is 1. The van der Waals surface area contributed by atoms with Gasteiger partial charge in [-0.25, -0.2) is 0 Å². The lowest BCUT2D eigenvalue weighted by Gasteiger charge is -2.49. The Morgan fingerprint density at radius 3 is 2.10 bits per heavy atom. The lowest BCUT2D eigenvalue weighted by atomic mass is 9.77. The SMILES string of the molecule is CC[C@H]1OC(=O)[C@H](C)[C@@H](O[C@H]2C[C@@](C)(OC)[C@@]3(CO3)[C@H](C)O2)[C@H](C)[C@@H](O[C@@H]2O[C@H](C)C[C@H](N(C)C)[C@H]2OC(C)=O)[C@](C)(O)C[C@@H](C)CN(C(C)=O)[C@H](C)[C@@H](O)[C@]1(C)O. The lowest BCUT2D eigenvalue weighted by molar-refractivity contribution is -0.316. The van der Waals surface area contributed by atoms with Crippen molar-refractivity contribution in [1.29, 1.82) is 0 Å². The summed E-state index contributed by atoms with van der Waals surface area (Å²) in [6.07, 6.45) is -7.58. The number of hydrogen-bond acceptors (Lipinski definition) is 15. The molecule has 0 radical (unpaired) electrons. The summed E-state index contributed by atoms with van der Waals surface area (Å²) >= 11 is 0. The summed E-state index contributed by atoms with van der Waals surface area (Å²) in [7, 11) is 5.37. The Labute approximate surface area is 345 Å². The summed E-state index contributed by atoms with van der Waals surface area (Å²) in [6.45, 7) is 20.7. The van der Waals surface area contributed by atoms with Crippen molar-refractivity contribution in [3.8, 4) is 0 Å². The molecule has 1 spiro atoms. The van der Waals surface area contributed by atoms with E-state index in [4.69, 9.17) is 37.9 Å². The monoisotopic (exact) mass is 831 g/mol. The molecule has 3 N–H and O–H groups in total. The summed E-state index contributed by atoms with van der Waals surface area (Å²) in [5, 5.41) is 36.3. The van der Waals surface area contributed by atoms with Crippen LogP contribution in [0.3, 0.4) is 0 Å². The molecule has 18 atom stereocenters. The van der Waals surface area contributed by atoms with E-state index in [9.17, 15) is 29.7 Å². The number of nitrogens with zero attached hydrogens (tertiary/aromatic N) is 2. The van der Waals surface area contributed by atoms with Crippen LogP contribution in [0, 0.1) is 17.8 Å². The van der Waals surface area contributed by atoms with Gasteiger partial charge in [0, 0.05) is 39.8 Å². The molecule has 1 amide bonds. The molecule has 0 aromatic carbocycles. The number of amides is 1. The van der Waals surface area contributed by atoms with Crippen molar-refractivity contribution in [1.82, 2.24) is 9.80 Å². The van der Waals surface area contributed by atoms with Gasteiger partial charge >= 0.3 is 11.9 Å². The van der Waals surface area contributed by atoms with Gasteiger partial charge in [-0.15, -0.1) is 0 Å². The second kappa shape index (κ2) is 18.5. The van der Waals surface area contributed by atoms with Gasteiger partial charge in [0.2, 0.25) is 5.91 Å². The molecule has 16 nitrogen and oxygen atoms in total. The fourth-order valence-electron chi connectivity index (χ4n) is 9.89. The van der Waals surface area contributed by atoms with Crippen molar-refractivity contribution >= 4 is 17.8 Å². The summed E-state index contributed by atoms with van der Waals surface area (Å²) in [5.74, 6) is -3.87. The van der Waals surface area contributed by atoms with Crippen LogP contribution in [-0.4, -0.2) is 167 Å². The van der Waals surface area contributed by atoms with E-state index in [-0.39, 0.29) is 49.8 Å². The number of carbonyl (C=O) groups is 3. The van der Waals surface area contributed by atoms with Gasteiger partial charge in [-0.2, -0.15) is 0 Å².